The molecule has 0 radical (unpaired) electrons. The number of fused-ring (bicyclic) bond motifs is 1. The Balaban J connectivity index is 1.33. The maximum Gasteiger partial charge on any atom is 0.251 e. The highest BCUT2D eigenvalue weighted by molar-refractivity contribution is 6.01. The van der Waals surface area contributed by atoms with Gasteiger partial charge < -0.3 is 15.1 Å². The summed E-state index contributed by atoms with van der Waals surface area (Å²) in [4.78, 5) is 21.9. The van der Waals surface area contributed by atoms with Gasteiger partial charge in [0.1, 0.15) is 11.6 Å². The number of aromatic amines is 1. The van der Waals surface area contributed by atoms with E-state index in [0.29, 0.717) is 12.1 Å². The first-order valence-electron chi connectivity index (χ1n) is 11.0. The molecular weight excluding hydrogens is 419 g/mol. The molecule has 3 heterocycles. The first-order valence-corrected chi connectivity index (χ1v) is 11.0. The molecule has 168 valence electrons. The second-order valence-corrected chi connectivity index (χ2v) is 8.22. The third kappa shape index (κ3) is 4.37. The Bertz CT molecular complexity index is 1280. The highest BCUT2D eigenvalue weighted by Crippen LogP contribution is 2.27. The maximum atomic E-state index is 13.2. The average Bonchev–Trinajstić information content (AvgIpc) is 3.27. The zero-order valence-electron chi connectivity index (χ0n) is 18.4. The van der Waals surface area contributed by atoms with Gasteiger partial charge in [0.15, 0.2) is 0 Å². The van der Waals surface area contributed by atoms with Gasteiger partial charge in [0.25, 0.3) is 5.91 Å². The van der Waals surface area contributed by atoms with Crippen molar-refractivity contribution in [2.45, 2.75) is 13.5 Å². The van der Waals surface area contributed by atoms with Crippen LogP contribution in [0.5, 0.6) is 0 Å². The molecule has 2 aromatic carbocycles. The molecule has 33 heavy (non-hydrogen) atoms. The van der Waals surface area contributed by atoms with Gasteiger partial charge in [0, 0.05) is 66.8 Å². The van der Waals surface area contributed by atoms with Gasteiger partial charge in [-0.3, -0.25) is 9.89 Å². The number of pyridine rings is 1. The number of hydrogen-bond donors (Lipinski definition) is 2. The molecule has 4 aromatic rings. The predicted octanol–water partition coefficient (Wildman–Crippen LogP) is 3.66. The number of aromatic nitrogens is 3. The van der Waals surface area contributed by atoms with Crippen LogP contribution >= 0.6 is 0 Å². The Labute approximate surface area is 191 Å². The third-order valence-electron chi connectivity index (χ3n) is 6.15. The summed E-state index contributed by atoms with van der Waals surface area (Å²) in [6.07, 6.45) is 3.54. The normalized spacial score (nSPS) is 14.0. The fourth-order valence-electron chi connectivity index (χ4n) is 4.21. The van der Waals surface area contributed by atoms with Crippen molar-refractivity contribution in [2.75, 3.05) is 36.0 Å². The summed E-state index contributed by atoms with van der Waals surface area (Å²) in [6, 6.07) is 14.3. The summed E-state index contributed by atoms with van der Waals surface area (Å²) < 4.78 is 13.2. The lowest BCUT2D eigenvalue weighted by atomic mass is 10.1. The van der Waals surface area contributed by atoms with Crippen LogP contribution in [0.2, 0.25) is 0 Å². The van der Waals surface area contributed by atoms with E-state index in [1.54, 1.807) is 6.20 Å². The highest BCUT2D eigenvalue weighted by Gasteiger charge is 2.20. The molecular formula is C25H25FN6O. The van der Waals surface area contributed by atoms with Crippen LogP contribution in [0.4, 0.5) is 15.9 Å². The SMILES string of the molecule is Cc1[nH]ncc1CNC(=O)c1ccc2ccnc(N3CCN(c4ccc(F)cc4)CC3)c2c1. The van der Waals surface area contributed by atoms with E-state index in [0.717, 1.165) is 59.7 Å². The number of nitrogens with zero attached hydrogens (tertiary/aromatic N) is 4. The monoisotopic (exact) mass is 444 g/mol. The molecule has 1 aliphatic heterocycles. The van der Waals surface area contributed by atoms with Gasteiger partial charge in [-0.2, -0.15) is 5.10 Å². The van der Waals surface area contributed by atoms with E-state index in [9.17, 15) is 9.18 Å². The summed E-state index contributed by atoms with van der Waals surface area (Å²) in [5.74, 6) is 0.525. The van der Waals surface area contributed by atoms with E-state index in [1.165, 1.54) is 12.1 Å². The first kappa shape index (κ1) is 20.9. The van der Waals surface area contributed by atoms with Gasteiger partial charge in [0.05, 0.1) is 6.20 Å². The molecule has 7 nitrogen and oxygen atoms in total. The van der Waals surface area contributed by atoms with E-state index in [2.05, 4.69) is 30.3 Å². The summed E-state index contributed by atoms with van der Waals surface area (Å²) in [5, 5.41) is 11.8. The Morgan fingerprint density at radius 1 is 1.06 bits per heavy atom. The number of nitrogens with one attached hydrogen (secondary N) is 2. The molecule has 0 bridgehead atoms. The van der Waals surface area contributed by atoms with Gasteiger partial charge in [-0.25, -0.2) is 9.37 Å². The lowest BCUT2D eigenvalue weighted by Crippen LogP contribution is -2.46. The van der Waals surface area contributed by atoms with Crippen molar-refractivity contribution in [2.24, 2.45) is 0 Å². The van der Waals surface area contributed by atoms with Crippen molar-refractivity contribution < 1.29 is 9.18 Å². The summed E-state index contributed by atoms with van der Waals surface area (Å²) in [7, 11) is 0. The van der Waals surface area contributed by atoms with Gasteiger partial charge in [0.2, 0.25) is 0 Å². The maximum absolute atomic E-state index is 13.2. The number of anilines is 2. The molecule has 0 unspecified atom stereocenters. The molecule has 2 aromatic heterocycles. The Morgan fingerprint density at radius 3 is 2.55 bits per heavy atom. The number of carbonyl (C=O) groups excluding carboxylic acids is 1. The summed E-state index contributed by atoms with van der Waals surface area (Å²) in [5.41, 5.74) is 3.53. The minimum Gasteiger partial charge on any atom is -0.368 e. The second kappa shape index (κ2) is 8.90. The van der Waals surface area contributed by atoms with E-state index >= 15 is 0 Å². The van der Waals surface area contributed by atoms with Gasteiger partial charge in [-0.15, -0.1) is 0 Å². The van der Waals surface area contributed by atoms with Crippen molar-refractivity contribution >= 4 is 28.2 Å². The smallest absolute Gasteiger partial charge is 0.251 e. The molecule has 2 N–H and O–H groups in total. The summed E-state index contributed by atoms with van der Waals surface area (Å²) >= 11 is 0. The summed E-state index contributed by atoms with van der Waals surface area (Å²) in [6.45, 7) is 5.56. The number of halogens is 1. The first-order chi connectivity index (χ1) is 16.1. The van der Waals surface area contributed by atoms with Gasteiger partial charge in [-0.05, 0) is 54.8 Å². The molecule has 1 saturated heterocycles. The number of benzene rings is 2. The molecule has 0 atom stereocenters. The zero-order chi connectivity index (χ0) is 22.8. The third-order valence-corrected chi connectivity index (χ3v) is 6.15. The Morgan fingerprint density at radius 2 is 1.82 bits per heavy atom. The van der Waals surface area contributed by atoms with Crippen LogP contribution in [-0.2, 0) is 6.54 Å². The number of hydrogen-bond acceptors (Lipinski definition) is 5. The molecule has 1 amide bonds. The van der Waals surface area contributed by atoms with E-state index < -0.39 is 0 Å². The van der Waals surface area contributed by atoms with Crippen molar-refractivity contribution in [1.82, 2.24) is 20.5 Å². The van der Waals surface area contributed by atoms with Crippen LogP contribution in [0.3, 0.4) is 0 Å². The van der Waals surface area contributed by atoms with Gasteiger partial charge >= 0.3 is 0 Å². The highest BCUT2D eigenvalue weighted by atomic mass is 19.1. The molecule has 1 aliphatic rings. The second-order valence-electron chi connectivity index (χ2n) is 8.22. The van der Waals surface area contributed by atoms with Crippen LogP contribution in [0.1, 0.15) is 21.6 Å². The van der Waals surface area contributed by atoms with Crippen LogP contribution in [0.15, 0.2) is 60.9 Å². The number of carbonyl (C=O) groups is 1. The molecule has 8 heteroatoms. The average molecular weight is 445 g/mol. The molecule has 0 aliphatic carbocycles. The van der Waals surface area contributed by atoms with E-state index in [-0.39, 0.29) is 11.7 Å². The lowest BCUT2D eigenvalue weighted by Gasteiger charge is -2.37. The quantitative estimate of drug-likeness (QED) is 0.491. The molecule has 1 fully saturated rings. The predicted molar refractivity (Wildman–Crippen MR) is 127 cm³/mol. The molecule has 0 saturated carbocycles. The van der Waals surface area contributed by atoms with E-state index in [1.807, 2.05) is 49.5 Å². The van der Waals surface area contributed by atoms with Crippen molar-refractivity contribution in [3.63, 3.8) is 0 Å². The van der Waals surface area contributed by atoms with Crippen LogP contribution in [-0.4, -0.2) is 47.3 Å². The standard InChI is InChI=1S/C25H25FN6O/c1-17-20(16-29-30-17)15-28-25(33)19-3-2-18-8-9-27-24(23(18)14-19)32-12-10-31(11-13-32)22-6-4-21(26)5-7-22/h2-9,14,16H,10-13,15H2,1H3,(H,28,33)(H,29,30). The van der Waals surface area contributed by atoms with Crippen molar-refractivity contribution in [1.29, 1.82) is 0 Å². The van der Waals surface area contributed by atoms with Crippen LogP contribution in [0.25, 0.3) is 10.8 Å². The lowest BCUT2D eigenvalue weighted by molar-refractivity contribution is 0.0951. The number of aryl methyl sites for hydroxylation is 1. The molecule has 0 spiro atoms. The van der Waals surface area contributed by atoms with Gasteiger partial charge in [-0.1, -0.05) is 6.07 Å². The number of H-pyrrole nitrogens is 1. The number of piperazine rings is 1. The molecule has 5 rings (SSSR count). The Hall–Kier alpha value is -3.94. The van der Waals surface area contributed by atoms with Crippen molar-refractivity contribution in [3.8, 4) is 0 Å². The largest absolute Gasteiger partial charge is 0.368 e. The minimum absolute atomic E-state index is 0.131. The Kier molecular flexibility index (Phi) is 5.64. The zero-order valence-corrected chi connectivity index (χ0v) is 18.4. The minimum atomic E-state index is -0.225. The number of rotatable bonds is 5. The fraction of sp³-hybridized carbons (Fsp3) is 0.240. The van der Waals surface area contributed by atoms with Crippen LogP contribution in [0, 0.1) is 12.7 Å². The topological polar surface area (TPSA) is 77.1 Å². The van der Waals surface area contributed by atoms with Crippen molar-refractivity contribution in [3.05, 3.63) is 83.6 Å². The van der Waals surface area contributed by atoms with Crippen LogP contribution < -0.4 is 15.1 Å². The number of amides is 1. The van der Waals surface area contributed by atoms with E-state index in [4.69, 9.17) is 0 Å². The fourth-order valence-corrected chi connectivity index (χ4v) is 4.21.